The molecule has 0 bridgehead atoms. The van der Waals surface area contributed by atoms with Crippen molar-refractivity contribution in [3.8, 4) is 0 Å². The van der Waals surface area contributed by atoms with Crippen LogP contribution in [0.15, 0.2) is 89.8 Å². The molecule has 0 spiro atoms. The summed E-state index contributed by atoms with van der Waals surface area (Å²) in [5.41, 5.74) is 4.19. The average Bonchev–Trinajstić information content (AvgIpc) is 3.27. The normalized spacial score (nSPS) is 19.7. The van der Waals surface area contributed by atoms with Crippen LogP contribution in [0.1, 0.15) is 41.6 Å². The second-order valence-corrected chi connectivity index (χ2v) is 10.5. The number of hydrogen-bond acceptors (Lipinski definition) is 6. The molecular formula is C31H33NO4S. The first kappa shape index (κ1) is 26.7. The van der Waals surface area contributed by atoms with Crippen LogP contribution in [0.4, 0.5) is 0 Å². The number of aryl methyl sites for hydroxylation is 1. The van der Waals surface area contributed by atoms with Crippen LogP contribution in [-0.2, 0) is 25.6 Å². The van der Waals surface area contributed by atoms with E-state index in [1.807, 2.05) is 42.5 Å². The Labute approximate surface area is 223 Å². The van der Waals surface area contributed by atoms with Gasteiger partial charge in [-0.25, -0.2) is 4.79 Å². The molecule has 192 valence electrons. The number of rotatable bonds is 9. The van der Waals surface area contributed by atoms with Gasteiger partial charge in [0.25, 0.3) is 0 Å². The molecule has 0 aliphatic carbocycles. The Hall–Kier alpha value is -3.35. The van der Waals surface area contributed by atoms with Crippen molar-refractivity contribution in [1.29, 1.82) is 0 Å². The predicted molar refractivity (Wildman–Crippen MR) is 148 cm³/mol. The maximum Gasteiger partial charge on any atom is 0.330 e. The zero-order chi connectivity index (χ0) is 26.3. The summed E-state index contributed by atoms with van der Waals surface area (Å²) < 4.78 is 9.71. The number of thioether (sulfide) groups is 1. The largest absolute Gasteiger partial charge is 0.468 e. The van der Waals surface area contributed by atoms with Gasteiger partial charge in [0.1, 0.15) is 4.75 Å². The topological polar surface area (TPSA) is 55.8 Å². The van der Waals surface area contributed by atoms with Gasteiger partial charge in [0.05, 0.1) is 19.8 Å². The Kier molecular flexibility index (Phi) is 8.85. The first-order valence-electron chi connectivity index (χ1n) is 12.5. The minimum atomic E-state index is -0.868. The van der Waals surface area contributed by atoms with Crippen molar-refractivity contribution in [1.82, 2.24) is 4.90 Å². The van der Waals surface area contributed by atoms with Crippen LogP contribution in [0.3, 0.4) is 0 Å². The molecule has 0 unspecified atom stereocenters. The maximum atomic E-state index is 13.7. The molecule has 0 amide bonds. The predicted octanol–water partition coefficient (Wildman–Crippen LogP) is 6.22. The van der Waals surface area contributed by atoms with Crippen LogP contribution in [-0.4, -0.2) is 41.8 Å². The zero-order valence-corrected chi connectivity index (χ0v) is 22.4. The maximum absolute atomic E-state index is 13.7. The van der Waals surface area contributed by atoms with Gasteiger partial charge in [-0.05, 0) is 55.2 Å². The molecule has 3 aromatic carbocycles. The zero-order valence-electron chi connectivity index (χ0n) is 21.6. The van der Waals surface area contributed by atoms with Crippen molar-refractivity contribution in [2.45, 2.75) is 42.5 Å². The fourth-order valence-electron chi connectivity index (χ4n) is 4.92. The summed E-state index contributed by atoms with van der Waals surface area (Å²) in [6, 6.07) is 26.2. The Balaban J connectivity index is 1.82. The smallest absolute Gasteiger partial charge is 0.330 e. The lowest BCUT2D eigenvalue weighted by Gasteiger charge is -2.37. The van der Waals surface area contributed by atoms with E-state index < -0.39 is 10.7 Å². The van der Waals surface area contributed by atoms with E-state index in [9.17, 15) is 9.59 Å². The number of esters is 2. The lowest BCUT2D eigenvalue weighted by atomic mass is 9.89. The van der Waals surface area contributed by atoms with Gasteiger partial charge in [0.2, 0.25) is 0 Å². The van der Waals surface area contributed by atoms with E-state index in [1.165, 1.54) is 24.3 Å². The van der Waals surface area contributed by atoms with Gasteiger partial charge >= 0.3 is 11.9 Å². The summed E-state index contributed by atoms with van der Waals surface area (Å²) in [6.45, 7) is 5.57. The quantitative estimate of drug-likeness (QED) is 0.249. The fourth-order valence-corrected chi connectivity index (χ4v) is 6.36. The molecule has 1 saturated heterocycles. The molecule has 0 radical (unpaired) electrons. The van der Waals surface area contributed by atoms with Crippen LogP contribution in [0.25, 0.3) is 6.08 Å². The van der Waals surface area contributed by atoms with Crippen molar-refractivity contribution >= 4 is 29.8 Å². The van der Waals surface area contributed by atoms with Crippen LogP contribution >= 0.6 is 11.8 Å². The van der Waals surface area contributed by atoms with Crippen molar-refractivity contribution in [2.24, 2.45) is 0 Å². The number of hydrogen-bond donors (Lipinski definition) is 0. The number of carbonyl (C=O) groups excluding carboxylic acids is 2. The van der Waals surface area contributed by atoms with E-state index >= 15 is 0 Å². The van der Waals surface area contributed by atoms with Gasteiger partial charge < -0.3 is 9.47 Å². The molecule has 37 heavy (non-hydrogen) atoms. The third-order valence-corrected chi connectivity index (χ3v) is 8.10. The van der Waals surface area contributed by atoms with Gasteiger partial charge in [-0.2, -0.15) is 0 Å². The lowest BCUT2D eigenvalue weighted by molar-refractivity contribution is -0.144. The average molecular weight is 516 g/mol. The van der Waals surface area contributed by atoms with Crippen molar-refractivity contribution in [2.75, 3.05) is 20.3 Å². The van der Waals surface area contributed by atoms with Crippen LogP contribution in [0, 0.1) is 6.92 Å². The third kappa shape index (κ3) is 6.14. The van der Waals surface area contributed by atoms with E-state index in [0.29, 0.717) is 19.6 Å². The summed E-state index contributed by atoms with van der Waals surface area (Å²) in [5.74, 6) is -0.638. The van der Waals surface area contributed by atoms with E-state index in [1.54, 1.807) is 24.8 Å². The van der Waals surface area contributed by atoms with Gasteiger partial charge in [0, 0.05) is 24.1 Å². The highest BCUT2D eigenvalue weighted by atomic mass is 32.2. The Morgan fingerprint density at radius 2 is 1.73 bits per heavy atom. The summed E-state index contributed by atoms with van der Waals surface area (Å²) in [4.78, 5) is 29.2. The Morgan fingerprint density at radius 1 is 1.03 bits per heavy atom. The van der Waals surface area contributed by atoms with Crippen molar-refractivity contribution in [3.63, 3.8) is 0 Å². The second-order valence-electron chi connectivity index (χ2n) is 9.12. The first-order valence-corrected chi connectivity index (χ1v) is 13.3. The van der Waals surface area contributed by atoms with Gasteiger partial charge in [-0.3, -0.25) is 9.69 Å². The Bertz CT molecular complexity index is 1240. The molecule has 0 aromatic heterocycles. The van der Waals surface area contributed by atoms with Gasteiger partial charge in [-0.15, -0.1) is 11.8 Å². The molecule has 0 saturated carbocycles. The molecule has 4 rings (SSSR count). The highest BCUT2D eigenvalue weighted by Crippen LogP contribution is 2.53. The SMILES string of the molecule is CCOC(=O)/C=C/c1ccccc1[C@H]1N(Cc2ccccc2)CC[C@]1(Sc1ccc(C)cc1)C(=O)OC. The highest BCUT2D eigenvalue weighted by molar-refractivity contribution is 8.01. The van der Waals surface area contributed by atoms with E-state index in [4.69, 9.17) is 9.47 Å². The monoisotopic (exact) mass is 515 g/mol. The number of ether oxygens (including phenoxy) is 2. The van der Waals surface area contributed by atoms with E-state index in [2.05, 4.69) is 48.2 Å². The van der Waals surface area contributed by atoms with Gasteiger partial charge in [-0.1, -0.05) is 72.3 Å². The molecule has 1 aliphatic rings. The van der Waals surface area contributed by atoms with Crippen molar-refractivity contribution < 1.29 is 19.1 Å². The Morgan fingerprint density at radius 3 is 2.43 bits per heavy atom. The van der Waals surface area contributed by atoms with E-state index in [-0.39, 0.29) is 12.0 Å². The highest BCUT2D eigenvalue weighted by Gasteiger charge is 2.55. The molecule has 5 nitrogen and oxygen atoms in total. The number of carbonyl (C=O) groups is 2. The summed E-state index contributed by atoms with van der Waals surface area (Å²) >= 11 is 1.57. The molecule has 6 heteroatoms. The summed E-state index contributed by atoms with van der Waals surface area (Å²) in [6.07, 6.45) is 3.86. The molecule has 2 atom stereocenters. The fraction of sp³-hybridized carbons (Fsp3) is 0.290. The van der Waals surface area contributed by atoms with Crippen molar-refractivity contribution in [3.05, 3.63) is 107 Å². The van der Waals surface area contributed by atoms with Crippen LogP contribution in [0.5, 0.6) is 0 Å². The molecule has 1 heterocycles. The molecule has 1 aliphatic heterocycles. The molecular weight excluding hydrogens is 482 g/mol. The molecule has 1 fully saturated rings. The lowest BCUT2D eigenvalue weighted by Crippen LogP contribution is -2.42. The minimum absolute atomic E-state index is 0.247. The minimum Gasteiger partial charge on any atom is -0.468 e. The standard InChI is InChI=1S/C31H33NO4S/c1-4-36-28(33)19-16-25-12-8-9-13-27(25)29-31(30(34)35-3,37-26-17-14-23(2)15-18-26)20-21-32(29)22-24-10-6-5-7-11-24/h5-19,29H,4,20-22H2,1-3H3/b19-16+/t29-,31-/m1/s1. The second kappa shape index (κ2) is 12.3. The van der Waals surface area contributed by atoms with Gasteiger partial charge in [0.15, 0.2) is 0 Å². The van der Waals surface area contributed by atoms with E-state index in [0.717, 1.165) is 22.6 Å². The summed E-state index contributed by atoms with van der Waals surface area (Å²) in [5, 5.41) is 0. The first-order chi connectivity index (χ1) is 18.0. The van der Waals surface area contributed by atoms with Crippen LogP contribution in [0.2, 0.25) is 0 Å². The molecule has 0 N–H and O–H groups in total. The number of benzene rings is 3. The van der Waals surface area contributed by atoms with Crippen LogP contribution < -0.4 is 0 Å². The number of methoxy groups -OCH3 is 1. The molecule has 3 aromatic rings. The number of likely N-dealkylation sites (tertiary alicyclic amines) is 1. The summed E-state index contributed by atoms with van der Waals surface area (Å²) in [7, 11) is 1.46. The third-order valence-electron chi connectivity index (χ3n) is 6.63. The number of nitrogens with zero attached hydrogens (tertiary/aromatic N) is 1.